The minimum Gasteiger partial charge on any atom is -0.368 e. The lowest BCUT2D eigenvalue weighted by atomic mass is 9.99. The number of ether oxygens (including phenoxy) is 1. The van der Waals surface area contributed by atoms with E-state index in [9.17, 15) is 9.18 Å². The zero-order valence-electron chi connectivity index (χ0n) is 13.8. The maximum Gasteiger partial charge on any atom is 0.249 e. The molecule has 1 fully saturated rings. The summed E-state index contributed by atoms with van der Waals surface area (Å²) in [7, 11) is 0. The summed E-state index contributed by atoms with van der Waals surface area (Å²) in [6.07, 6.45) is 1.43. The average molecular weight is 327 g/mol. The first-order chi connectivity index (χ1) is 11.7. The predicted octanol–water partition coefficient (Wildman–Crippen LogP) is 3.93. The van der Waals surface area contributed by atoms with Crippen LogP contribution in [-0.2, 0) is 22.8 Å². The van der Waals surface area contributed by atoms with Gasteiger partial charge in [-0.15, -0.1) is 0 Å². The van der Waals surface area contributed by atoms with Gasteiger partial charge >= 0.3 is 0 Å². The van der Waals surface area contributed by atoms with Crippen LogP contribution in [0.4, 0.5) is 4.39 Å². The highest BCUT2D eigenvalue weighted by Gasteiger charge is 2.22. The van der Waals surface area contributed by atoms with Gasteiger partial charge in [0.25, 0.3) is 0 Å². The zero-order chi connectivity index (χ0) is 16.9. The number of hydrogen-bond acceptors (Lipinski definition) is 2. The molecule has 3 rings (SSSR count). The van der Waals surface area contributed by atoms with E-state index in [4.69, 9.17) is 4.74 Å². The minimum absolute atomic E-state index is 0.0480. The number of carbonyl (C=O) groups is 1. The molecule has 1 N–H and O–H groups in total. The number of hydrogen-bond donors (Lipinski definition) is 1. The summed E-state index contributed by atoms with van der Waals surface area (Å²) in [6.45, 7) is 2.63. The zero-order valence-corrected chi connectivity index (χ0v) is 13.8. The monoisotopic (exact) mass is 327 g/mol. The molecular weight excluding hydrogens is 305 g/mol. The fourth-order valence-corrected chi connectivity index (χ4v) is 3.05. The Labute approximate surface area is 141 Å². The van der Waals surface area contributed by atoms with Gasteiger partial charge in [0.05, 0.1) is 0 Å². The highest BCUT2D eigenvalue weighted by molar-refractivity contribution is 5.81. The molecule has 0 spiro atoms. The number of amides is 1. The number of alkyl halides is 1. The maximum atomic E-state index is 13.0. The van der Waals surface area contributed by atoms with E-state index in [0.29, 0.717) is 18.7 Å². The molecule has 24 heavy (non-hydrogen) atoms. The summed E-state index contributed by atoms with van der Waals surface area (Å²) >= 11 is 0. The highest BCUT2D eigenvalue weighted by Crippen LogP contribution is 2.24. The van der Waals surface area contributed by atoms with Gasteiger partial charge in [0.2, 0.25) is 5.91 Å². The van der Waals surface area contributed by atoms with Gasteiger partial charge in [-0.3, -0.25) is 4.79 Å². The second-order valence-electron chi connectivity index (χ2n) is 6.26. The van der Waals surface area contributed by atoms with Crippen LogP contribution in [0.5, 0.6) is 0 Å². The van der Waals surface area contributed by atoms with E-state index in [-0.39, 0.29) is 12.0 Å². The van der Waals surface area contributed by atoms with E-state index in [0.717, 1.165) is 35.1 Å². The number of benzene rings is 2. The van der Waals surface area contributed by atoms with Gasteiger partial charge in [0.1, 0.15) is 12.8 Å². The third-order valence-corrected chi connectivity index (χ3v) is 4.24. The summed E-state index contributed by atoms with van der Waals surface area (Å²) in [5, 5.41) is 2.93. The minimum atomic E-state index is -0.466. The summed E-state index contributed by atoms with van der Waals surface area (Å²) in [5.74, 6) is -0.0480. The fraction of sp³-hybridized carbons (Fsp3) is 0.350. The summed E-state index contributed by atoms with van der Waals surface area (Å²) in [5.41, 5.74) is 4.76. The standard InChI is InChI=1S/C20H22FNO2/c1-14-8-16(12-21)11-18(9-14)17-5-2-4-15(10-17)13-22-20(23)19-6-3-7-24-19/h2,4-5,8-11,19H,3,6-7,12-13H2,1H3,(H,22,23). The molecule has 2 aromatic rings. The molecule has 2 aromatic carbocycles. The van der Waals surface area contributed by atoms with Crippen molar-refractivity contribution in [3.8, 4) is 11.1 Å². The lowest BCUT2D eigenvalue weighted by Gasteiger charge is -2.12. The molecule has 0 aromatic heterocycles. The first-order valence-electron chi connectivity index (χ1n) is 8.31. The van der Waals surface area contributed by atoms with E-state index in [1.54, 1.807) is 0 Å². The van der Waals surface area contributed by atoms with Gasteiger partial charge in [0, 0.05) is 13.2 Å². The Kier molecular flexibility index (Phi) is 5.26. The lowest BCUT2D eigenvalue weighted by molar-refractivity contribution is -0.130. The van der Waals surface area contributed by atoms with Crippen LogP contribution in [0.15, 0.2) is 42.5 Å². The van der Waals surface area contributed by atoms with Crippen molar-refractivity contribution >= 4 is 5.91 Å². The highest BCUT2D eigenvalue weighted by atomic mass is 19.1. The Morgan fingerprint density at radius 3 is 2.79 bits per heavy atom. The molecule has 1 amide bonds. The van der Waals surface area contributed by atoms with Crippen molar-refractivity contribution in [3.05, 3.63) is 59.2 Å². The van der Waals surface area contributed by atoms with E-state index in [2.05, 4.69) is 5.32 Å². The predicted molar refractivity (Wildman–Crippen MR) is 92.2 cm³/mol. The van der Waals surface area contributed by atoms with Crippen LogP contribution in [0.25, 0.3) is 11.1 Å². The molecular formula is C20H22FNO2. The first-order valence-corrected chi connectivity index (χ1v) is 8.31. The molecule has 1 aliphatic rings. The molecule has 0 saturated carbocycles. The second kappa shape index (κ2) is 7.58. The normalized spacial score (nSPS) is 17.0. The number of nitrogens with one attached hydrogen (secondary N) is 1. The van der Waals surface area contributed by atoms with Crippen LogP contribution in [0.1, 0.15) is 29.5 Å². The molecule has 3 nitrogen and oxygen atoms in total. The van der Waals surface area contributed by atoms with Crippen LogP contribution in [0.2, 0.25) is 0 Å². The van der Waals surface area contributed by atoms with Crippen LogP contribution in [0, 0.1) is 6.92 Å². The van der Waals surface area contributed by atoms with E-state index < -0.39 is 6.67 Å². The molecule has 0 radical (unpaired) electrons. The Morgan fingerprint density at radius 1 is 1.21 bits per heavy atom. The van der Waals surface area contributed by atoms with Crippen molar-refractivity contribution < 1.29 is 13.9 Å². The lowest BCUT2D eigenvalue weighted by Crippen LogP contribution is -2.33. The first kappa shape index (κ1) is 16.7. The molecule has 126 valence electrons. The molecule has 4 heteroatoms. The molecule has 0 aliphatic carbocycles. The smallest absolute Gasteiger partial charge is 0.249 e. The Balaban J connectivity index is 1.72. The van der Waals surface area contributed by atoms with Gasteiger partial charge in [-0.25, -0.2) is 4.39 Å². The van der Waals surface area contributed by atoms with Gasteiger partial charge in [-0.2, -0.15) is 0 Å². The molecule has 1 unspecified atom stereocenters. The van der Waals surface area contributed by atoms with Crippen molar-refractivity contribution in [2.75, 3.05) is 6.61 Å². The van der Waals surface area contributed by atoms with Crippen molar-refractivity contribution in [3.63, 3.8) is 0 Å². The van der Waals surface area contributed by atoms with Crippen LogP contribution < -0.4 is 5.32 Å². The van der Waals surface area contributed by atoms with Gasteiger partial charge in [-0.1, -0.05) is 35.9 Å². The third-order valence-electron chi connectivity index (χ3n) is 4.24. The Morgan fingerprint density at radius 2 is 2.04 bits per heavy atom. The third kappa shape index (κ3) is 4.01. The summed E-state index contributed by atoms with van der Waals surface area (Å²) in [4.78, 5) is 12.0. The van der Waals surface area contributed by atoms with Crippen LogP contribution >= 0.6 is 0 Å². The van der Waals surface area contributed by atoms with Crippen LogP contribution in [0.3, 0.4) is 0 Å². The SMILES string of the molecule is Cc1cc(CF)cc(-c2cccc(CNC(=O)C3CCCO3)c2)c1. The van der Waals surface area contributed by atoms with Crippen molar-refractivity contribution in [2.24, 2.45) is 0 Å². The van der Waals surface area contributed by atoms with E-state index in [1.165, 1.54) is 0 Å². The quantitative estimate of drug-likeness (QED) is 0.904. The maximum absolute atomic E-state index is 13.0. The van der Waals surface area contributed by atoms with Crippen molar-refractivity contribution in [1.29, 1.82) is 0 Å². The molecule has 1 saturated heterocycles. The topological polar surface area (TPSA) is 38.3 Å². The molecule has 1 aliphatic heterocycles. The van der Waals surface area contributed by atoms with Gasteiger partial charge in [0.15, 0.2) is 0 Å². The number of carbonyl (C=O) groups excluding carboxylic acids is 1. The Hall–Kier alpha value is -2.20. The second-order valence-corrected chi connectivity index (χ2v) is 6.26. The number of aryl methyl sites for hydroxylation is 1. The van der Waals surface area contributed by atoms with E-state index >= 15 is 0 Å². The van der Waals surface area contributed by atoms with Crippen molar-refractivity contribution in [2.45, 2.75) is 39.1 Å². The molecule has 1 atom stereocenters. The van der Waals surface area contributed by atoms with Crippen molar-refractivity contribution in [1.82, 2.24) is 5.32 Å². The van der Waals surface area contributed by atoms with Gasteiger partial charge in [-0.05, 0) is 54.2 Å². The van der Waals surface area contributed by atoms with Gasteiger partial charge < -0.3 is 10.1 Å². The fourth-order valence-electron chi connectivity index (χ4n) is 3.05. The number of halogens is 1. The molecule has 0 bridgehead atoms. The summed E-state index contributed by atoms with van der Waals surface area (Å²) < 4.78 is 18.4. The average Bonchev–Trinajstić information content (AvgIpc) is 3.14. The Bertz CT molecular complexity index is 723. The van der Waals surface area contributed by atoms with Crippen LogP contribution in [-0.4, -0.2) is 18.6 Å². The molecule has 1 heterocycles. The number of rotatable bonds is 5. The summed E-state index contributed by atoms with van der Waals surface area (Å²) in [6, 6.07) is 13.7. The van der Waals surface area contributed by atoms with E-state index in [1.807, 2.05) is 49.4 Å². The largest absolute Gasteiger partial charge is 0.368 e.